The van der Waals surface area contributed by atoms with Crippen molar-refractivity contribution in [1.82, 2.24) is 5.32 Å². The van der Waals surface area contributed by atoms with Crippen molar-refractivity contribution in [2.24, 2.45) is 5.73 Å². The van der Waals surface area contributed by atoms with E-state index in [9.17, 15) is 4.79 Å². The zero-order valence-corrected chi connectivity index (χ0v) is 12.7. The predicted molar refractivity (Wildman–Crippen MR) is 87.0 cm³/mol. The zero-order chi connectivity index (χ0) is 15.1. The Hall–Kier alpha value is -2.09. The van der Waals surface area contributed by atoms with E-state index in [1.54, 1.807) is 11.3 Å². The minimum absolute atomic E-state index is 0.0195. The molecule has 2 rings (SSSR count). The number of hydrogen-bond donors (Lipinski definition) is 2. The number of amides is 1. The lowest BCUT2D eigenvalue weighted by Crippen LogP contribution is -2.27. The lowest BCUT2D eigenvalue weighted by Gasteiger charge is -2.14. The Morgan fingerprint density at radius 1 is 1.33 bits per heavy atom. The lowest BCUT2D eigenvalue weighted by atomic mass is 10.1. The fraction of sp³-hybridized carbons (Fsp3) is 0.235. The van der Waals surface area contributed by atoms with E-state index in [1.807, 2.05) is 48.7 Å². The maximum Gasteiger partial charge on any atom is 0.225 e. The minimum atomic E-state index is -0.0195. The third kappa shape index (κ3) is 4.75. The van der Waals surface area contributed by atoms with Gasteiger partial charge in [-0.25, -0.2) is 0 Å². The van der Waals surface area contributed by atoms with Gasteiger partial charge >= 0.3 is 0 Å². The van der Waals surface area contributed by atoms with Crippen molar-refractivity contribution in [3.05, 3.63) is 57.8 Å². The topological polar surface area (TPSA) is 55.1 Å². The molecule has 0 radical (unpaired) electrons. The monoisotopic (exact) mass is 298 g/mol. The molecule has 0 aliphatic heterocycles. The molecule has 1 aromatic carbocycles. The molecule has 1 unspecified atom stereocenters. The third-order valence-corrected chi connectivity index (χ3v) is 3.91. The Morgan fingerprint density at radius 2 is 2.10 bits per heavy atom. The molecule has 1 heterocycles. The van der Waals surface area contributed by atoms with E-state index in [0.29, 0.717) is 13.0 Å². The maximum absolute atomic E-state index is 12.0. The lowest BCUT2D eigenvalue weighted by molar-refractivity contribution is -0.121. The van der Waals surface area contributed by atoms with Gasteiger partial charge in [-0.1, -0.05) is 30.0 Å². The van der Waals surface area contributed by atoms with Gasteiger partial charge in [0.2, 0.25) is 5.91 Å². The van der Waals surface area contributed by atoms with Crippen molar-refractivity contribution in [3.63, 3.8) is 0 Å². The number of nitrogens with one attached hydrogen (secondary N) is 1. The second kappa shape index (κ2) is 7.63. The summed E-state index contributed by atoms with van der Waals surface area (Å²) < 4.78 is 0. The van der Waals surface area contributed by atoms with Crippen molar-refractivity contribution in [1.29, 1.82) is 0 Å². The van der Waals surface area contributed by atoms with Gasteiger partial charge in [-0.2, -0.15) is 0 Å². The van der Waals surface area contributed by atoms with E-state index in [-0.39, 0.29) is 11.9 Å². The van der Waals surface area contributed by atoms with Crippen LogP contribution in [0.2, 0.25) is 0 Å². The van der Waals surface area contributed by atoms with Crippen LogP contribution in [-0.2, 0) is 11.2 Å². The first-order valence-corrected chi connectivity index (χ1v) is 7.67. The number of rotatable bonds is 4. The van der Waals surface area contributed by atoms with E-state index < -0.39 is 0 Å². The Kier molecular flexibility index (Phi) is 5.56. The van der Waals surface area contributed by atoms with Crippen LogP contribution in [0.5, 0.6) is 0 Å². The van der Waals surface area contributed by atoms with Gasteiger partial charge < -0.3 is 11.1 Å². The normalized spacial score (nSPS) is 11.3. The highest BCUT2D eigenvalue weighted by Gasteiger charge is 2.10. The summed E-state index contributed by atoms with van der Waals surface area (Å²) in [6.45, 7) is 2.34. The summed E-state index contributed by atoms with van der Waals surface area (Å²) in [5, 5.41) is 4.99. The van der Waals surface area contributed by atoms with Gasteiger partial charge in [0.15, 0.2) is 0 Å². The van der Waals surface area contributed by atoms with Crippen LogP contribution < -0.4 is 11.1 Å². The van der Waals surface area contributed by atoms with Crippen molar-refractivity contribution < 1.29 is 4.79 Å². The van der Waals surface area contributed by atoms with E-state index in [0.717, 1.165) is 16.0 Å². The largest absolute Gasteiger partial charge is 0.349 e. The van der Waals surface area contributed by atoms with Crippen LogP contribution in [0.25, 0.3) is 0 Å². The number of hydrogen-bond acceptors (Lipinski definition) is 3. The van der Waals surface area contributed by atoms with Gasteiger partial charge in [-0.15, -0.1) is 11.3 Å². The average molecular weight is 298 g/mol. The van der Waals surface area contributed by atoms with Crippen LogP contribution >= 0.6 is 11.3 Å². The highest BCUT2D eigenvalue weighted by atomic mass is 32.1. The van der Waals surface area contributed by atoms with Gasteiger partial charge in [0.05, 0.1) is 19.0 Å². The van der Waals surface area contributed by atoms with Crippen LogP contribution in [0, 0.1) is 11.8 Å². The molecule has 4 heteroatoms. The molecule has 3 nitrogen and oxygen atoms in total. The molecule has 0 saturated heterocycles. The maximum atomic E-state index is 12.0. The Morgan fingerprint density at radius 3 is 2.71 bits per heavy atom. The predicted octanol–water partition coefficient (Wildman–Crippen LogP) is 2.48. The summed E-state index contributed by atoms with van der Waals surface area (Å²) >= 11 is 1.60. The zero-order valence-electron chi connectivity index (χ0n) is 11.9. The second-order valence-electron chi connectivity index (χ2n) is 4.67. The number of carbonyl (C=O) groups excluding carboxylic acids is 1. The summed E-state index contributed by atoms with van der Waals surface area (Å²) in [7, 11) is 0. The highest BCUT2D eigenvalue weighted by molar-refractivity contribution is 7.10. The number of carbonyl (C=O) groups is 1. The van der Waals surface area contributed by atoms with Crippen molar-refractivity contribution in [3.8, 4) is 11.8 Å². The van der Waals surface area contributed by atoms with Gasteiger partial charge in [-0.3, -0.25) is 4.79 Å². The number of nitrogens with two attached hydrogens (primary N) is 1. The van der Waals surface area contributed by atoms with E-state index in [1.165, 1.54) is 0 Å². The molecular formula is C17H18N2OS. The standard InChI is InChI=1S/C17H18N2OS/c1-13(19-17(20)12-16-5-3-11-21-16)15-8-6-14(7-9-15)4-2-10-18/h3,5-9,11,13H,10,12,18H2,1H3,(H,19,20). The first-order valence-electron chi connectivity index (χ1n) is 6.79. The Labute approximate surface area is 129 Å². The average Bonchev–Trinajstić information content (AvgIpc) is 2.98. The summed E-state index contributed by atoms with van der Waals surface area (Å²) in [5.41, 5.74) is 7.34. The molecule has 1 amide bonds. The Balaban J connectivity index is 1.93. The third-order valence-electron chi connectivity index (χ3n) is 3.04. The molecule has 0 bridgehead atoms. The SMILES string of the molecule is CC(NC(=O)Cc1cccs1)c1ccc(C#CCN)cc1. The van der Waals surface area contributed by atoms with Crippen molar-refractivity contribution in [2.75, 3.05) is 6.54 Å². The number of benzene rings is 1. The Bertz CT molecular complexity index is 636. The molecule has 0 aliphatic rings. The fourth-order valence-corrected chi connectivity index (χ4v) is 2.66. The number of thiophene rings is 1. The van der Waals surface area contributed by atoms with Crippen LogP contribution in [0.15, 0.2) is 41.8 Å². The van der Waals surface area contributed by atoms with E-state index in [2.05, 4.69) is 17.2 Å². The van der Waals surface area contributed by atoms with Gasteiger partial charge in [-0.05, 0) is 36.1 Å². The fourth-order valence-electron chi connectivity index (χ4n) is 1.96. The molecule has 0 aliphatic carbocycles. The molecular weight excluding hydrogens is 280 g/mol. The first kappa shape index (κ1) is 15.3. The molecule has 108 valence electrons. The minimum Gasteiger partial charge on any atom is -0.349 e. The highest BCUT2D eigenvalue weighted by Crippen LogP contribution is 2.14. The summed E-state index contributed by atoms with van der Waals surface area (Å²) in [4.78, 5) is 13.0. The van der Waals surface area contributed by atoms with Crippen molar-refractivity contribution in [2.45, 2.75) is 19.4 Å². The van der Waals surface area contributed by atoms with Crippen molar-refractivity contribution >= 4 is 17.2 Å². The quantitative estimate of drug-likeness (QED) is 0.852. The summed E-state index contributed by atoms with van der Waals surface area (Å²) in [5.74, 6) is 5.84. The molecule has 2 aromatic rings. The van der Waals surface area contributed by atoms with E-state index >= 15 is 0 Å². The van der Waals surface area contributed by atoms with E-state index in [4.69, 9.17) is 5.73 Å². The van der Waals surface area contributed by atoms with Crippen LogP contribution in [0.1, 0.15) is 29.0 Å². The molecule has 3 N–H and O–H groups in total. The van der Waals surface area contributed by atoms with Crippen LogP contribution in [-0.4, -0.2) is 12.5 Å². The summed E-state index contributed by atoms with van der Waals surface area (Å²) in [6.07, 6.45) is 0.433. The van der Waals surface area contributed by atoms with Crippen LogP contribution in [0.4, 0.5) is 0 Å². The second-order valence-corrected chi connectivity index (χ2v) is 5.71. The molecule has 1 atom stereocenters. The molecule has 21 heavy (non-hydrogen) atoms. The molecule has 0 spiro atoms. The summed E-state index contributed by atoms with van der Waals surface area (Å²) in [6, 6.07) is 11.8. The molecule has 0 saturated carbocycles. The van der Waals surface area contributed by atoms with Gasteiger partial charge in [0.25, 0.3) is 0 Å². The first-order chi connectivity index (χ1) is 10.2. The van der Waals surface area contributed by atoms with Gasteiger partial charge in [0.1, 0.15) is 0 Å². The van der Waals surface area contributed by atoms with Crippen LogP contribution in [0.3, 0.4) is 0 Å². The van der Waals surface area contributed by atoms with Gasteiger partial charge in [0, 0.05) is 10.4 Å². The molecule has 0 fully saturated rings. The smallest absolute Gasteiger partial charge is 0.225 e. The molecule has 1 aromatic heterocycles.